The molecule has 0 radical (unpaired) electrons. The molecule has 0 aliphatic carbocycles. The first kappa shape index (κ1) is 21.1. The van der Waals surface area contributed by atoms with Crippen LogP contribution in [0.25, 0.3) is 5.65 Å². The number of hydrogen-bond donors (Lipinski definition) is 3. The largest absolute Gasteiger partial charge is 0.397 e. The van der Waals surface area contributed by atoms with Gasteiger partial charge in [-0.3, -0.25) is 9.79 Å². The number of aryl methyl sites for hydroxylation is 1. The Morgan fingerprint density at radius 1 is 1.32 bits per heavy atom. The molecule has 0 saturated carbocycles. The number of aliphatic imine (C=N–C) groups is 1. The fourth-order valence-electron chi connectivity index (χ4n) is 3.65. The van der Waals surface area contributed by atoms with E-state index in [1.54, 1.807) is 22.9 Å². The number of nitrogens with zero attached hydrogens (tertiary/aromatic N) is 5. The van der Waals surface area contributed by atoms with E-state index >= 15 is 0 Å². The highest BCUT2D eigenvalue weighted by Gasteiger charge is 2.20. The number of carbonyl (C=O) groups excluding carboxylic acids is 1. The number of rotatable bonds is 5. The van der Waals surface area contributed by atoms with Gasteiger partial charge in [0.1, 0.15) is 0 Å². The molecule has 0 unspecified atom stereocenters. The second-order valence-electron chi connectivity index (χ2n) is 7.31. The van der Waals surface area contributed by atoms with Gasteiger partial charge in [0.05, 0.1) is 23.1 Å². The van der Waals surface area contributed by atoms with Crippen LogP contribution in [0.2, 0.25) is 5.15 Å². The van der Waals surface area contributed by atoms with E-state index in [1.807, 2.05) is 26.1 Å². The number of halogens is 1. The molecule has 3 heterocycles. The molecule has 4 N–H and O–H groups in total. The van der Waals surface area contributed by atoms with Gasteiger partial charge in [0.2, 0.25) is 0 Å². The van der Waals surface area contributed by atoms with Crippen molar-refractivity contribution in [3.63, 3.8) is 0 Å². The number of anilines is 3. The van der Waals surface area contributed by atoms with Crippen LogP contribution < -0.4 is 21.3 Å². The van der Waals surface area contributed by atoms with Crippen LogP contribution in [0.1, 0.15) is 28.5 Å². The SMILES string of the molecule is CCN=Cc1c(N2CCNCC2)ccc(C(=O)Nc2cn3cc(C)nc3c(Cl)n2)c1N. The van der Waals surface area contributed by atoms with E-state index in [9.17, 15) is 4.79 Å². The first-order valence-corrected chi connectivity index (χ1v) is 10.6. The molecule has 9 nitrogen and oxygen atoms in total. The van der Waals surface area contributed by atoms with Crippen molar-refractivity contribution in [2.45, 2.75) is 13.8 Å². The highest BCUT2D eigenvalue weighted by atomic mass is 35.5. The molecule has 3 aromatic rings. The summed E-state index contributed by atoms with van der Waals surface area (Å²) >= 11 is 6.23. The number of amides is 1. The van der Waals surface area contributed by atoms with Crippen molar-refractivity contribution < 1.29 is 4.79 Å². The van der Waals surface area contributed by atoms with Gasteiger partial charge >= 0.3 is 0 Å². The Morgan fingerprint density at radius 2 is 2.10 bits per heavy atom. The topological polar surface area (TPSA) is 113 Å². The van der Waals surface area contributed by atoms with Gasteiger partial charge in [0.15, 0.2) is 16.6 Å². The highest BCUT2D eigenvalue weighted by molar-refractivity contribution is 6.32. The summed E-state index contributed by atoms with van der Waals surface area (Å²) in [6, 6.07) is 3.67. The number of carbonyl (C=O) groups is 1. The zero-order valence-corrected chi connectivity index (χ0v) is 18.3. The minimum atomic E-state index is -0.365. The predicted octanol–water partition coefficient (Wildman–Crippen LogP) is 2.37. The molecule has 2 aromatic heterocycles. The molecule has 1 saturated heterocycles. The molecule has 1 aliphatic heterocycles. The lowest BCUT2D eigenvalue weighted by atomic mass is 10.0. The van der Waals surface area contributed by atoms with Gasteiger partial charge < -0.3 is 25.7 Å². The number of fused-ring (bicyclic) bond motifs is 1. The maximum atomic E-state index is 13.0. The van der Waals surface area contributed by atoms with E-state index in [4.69, 9.17) is 17.3 Å². The Kier molecular flexibility index (Phi) is 6.06. The van der Waals surface area contributed by atoms with Gasteiger partial charge in [-0.2, -0.15) is 0 Å². The zero-order chi connectivity index (χ0) is 22.0. The van der Waals surface area contributed by atoms with Crippen molar-refractivity contribution in [2.75, 3.05) is 48.7 Å². The van der Waals surface area contributed by atoms with Crippen molar-refractivity contribution in [3.05, 3.63) is 46.5 Å². The lowest BCUT2D eigenvalue weighted by Crippen LogP contribution is -2.44. The van der Waals surface area contributed by atoms with Gasteiger partial charge in [-0.05, 0) is 26.0 Å². The molecule has 4 rings (SSSR count). The van der Waals surface area contributed by atoms with Crippen LogP contribution in [-0.2, 0) is 0 Å². The molecule has 1 fully saturated rings. The maximum absolute atomic E-state index is 13.0. The van der Waals surface area contributed by atoms with E-state index in [-0.39, 0.29) is 11.1 Å². The first-order valence-electron chi connectivity index (χ1n) is 10.2. The summed E-state index contributed by atoms with van der Waals surface area (Å²) < 4.78 is 1.73. The Labute approximate surface area is 185 Å². The van der Waals surface area contributed by atoms with Crippen LogP contribution in [0.3, 0.4) is 0 Å². The molecule has 1 aromatic carbocycles. The number of aromatic nitrogens is 3. The van der Waals surface area contributed by atoms with Gasteiger partial charge in [-0.1, -0.05) is 11.6 Å². The summed E-state index contributed by atoms with van der Waals surface area (Å²) in [6.07, 6.45) is 5.23. The quantitative estimate of drug-likeness (QED) is 0.414. The van der Waals surface area contributed by atoms with E-state index in [0.29, 0.717) is 29.3 Å². The average molecular weight is 441 g/mol. The molecule has 0 spiro atoms. The van der Waals surface area contributed by atoms with Crippen LogP contribution in [0.4, 0.5) is 17.2 Å². The van der Waals surface area contributed by atoms with Gasteiger partial charge in [0, 0.05) is 56.4 Å². The Morgan fingerprint density at radius 3 is 2.84 bits per heavy atom. The number of hydrogen-bond acceptors (Lipinski definition) is 7. The Balaban J connectivity index is 1.67. The molecule has 1 amide bonds. The molecule has 162 valence electrons. The fraction of sp³-hybridized carbons (Fsp3) is 0.333. The van der Waals surface area contributed by atoms with Crippen LogP contribution in [0.15, 0.2) is 29.5 Å². The first-order chi connectivity index (χ1) is 15.0. The highest BCUT2D eigenvalue weighted by Crippen LogP contribution is 2.29. The molecular weight excluding hydrogens is 416 g/mol. The second-order valence-corrected chi connectivity index (χ2v) is 7.67. The van der Waals surface area contributed by atoms with Crippen molar-refractivity contribution in [1.82, 2.24) is 19.7 Å². The third-order valence-electron chi connectivity index (χ3n) is 5.13. The van der Waals surface area contributed by atoms with E-state index in [1.165, 1.54) is 0 Å². The third-order valence-corrected chi connectivity index (χ3v) is 5.38. The minimum absolute atomic E-state index is 0.212. The third kappa shape index (κ3) is 4.33. The number of nitrogens with two attached hydrogens (primary N) is 1. The smallest absolute Gasteiger partial charge is 0.258 e. The summed E-state index contributed by atoms with van der Waals surface area (Å²) in [5, 5.41) is 6.35. The molecule has 1 aliphatic rings. The van der Waals surface area contributed by atoms with Crippen LogP contribution >= 0.6 is 11.6 Å². The van der Waals surface area contributed by atoms with Gasteiger partial charge in [-0.15, -0.1) is 0 Å². The van der Waals surface area contributed by atoms with Crippen LogP contribution in [0.5, 0.6) is 0 Å². The maximum Gasteiger partial charge on any atom is 0.258 e. The van der Waals surface area contributed by atoms with Gasteiger partial charge in [0.25, 0.3) is 5.91 Å². The van der Waals surface area contributed by atoms with E-state index in [2.05, 4.69) is 30.5 Å². The molecule has 0 atom stereocenters. The lowest BCUT2D eigenvalue weighted by molar-refractivity contribution is 0.102. The molecule has 31 heavy (non-hydrogen) atoms. The number of piperazine rings is 1. The Hall–Kier alpha value is -3.17. The summed E-state index contributed by atoms with van der Waals surface area (Å²) in [6.45, 7) is 7.97. The molecule has 10 heteroatoms. The standard InChI is InChI=1S/C21H25ClN8O/c1-3-24-10-15-16(29-8-6-25-7-9-29)5-4-14(18(15)23)21(31)28-17-12-30-11-13(2)26-20(30)19(22)27-17/h4-5,10-12,25H,3,6-9,23H2,1-2H3,(H,28,31). The zero-order valence-electron chi connectivity index (χ0n) is 17.5. The molecule has 0 bridgehead atoms. The monoisotopic (exact) mass is 440 g/mol. The summed E-state index contributed by atoms with van der Waals surface area (Å²) in [5.41, 5.74) is 10.3. The fourth-order valence-corrected chi connectivity index (χ4v) is 3.88. The van der Waals surface area contributed by atoms with Crippen molar-refractivity contribution in [2.24, 2.45) is 4.99 Å². The van der Waals surface area contributed by atoms with Crippen molar-refractivity contribution >= 4 is 46.6 Å². The summed E-state index contributed by atoms with van der Waals surface area (Å²) in [5.74, 6) is -0.0514. The van der Waals surface area contributed by atoms with E-state index in [0.717, 1.165) is 43.1 Å². The lowest BCUT2D eigenvalue weighted by Gasteiger charge is -2.31. The van der Waals surface area contributed by atoms with Gasteiger partial charge in [-0.25, -0.2) is 9.97 Å². The number of nitrogens with one attached hydrogen (secondary N) is 2. The number of imidazole rings is 1. The normalized spacial score (nSPS) is 14.5. The number of nitrogen functional groups attached to an aromatic ring is 1. The van der Waals surface area contributed by atoms with Crippen molar-refractivity contribution in [1.29, 1.82) is 0 Å². The van der Waals surface area contributed by atoms with E-state index < -0.39 is 0 Å². The average Bonchev–Trinajstić information content (AvgIpc) is 3.14. The summed E-state index contributed by atoms with van der Waals surface area (Å²) in [7, 11) is 0. The molecular formula is C21H25ClN8O. The number of benzene rings is 1. The van der Waals surface area contributed by atoms with Crippen LogP contribution in [-0.4, -0.2) is 59.2 Å². The minimum Gasteiger partial charge on any atom is -0.397 e. The van der Waals surface area contributed by atoms with Crippen LogP contribution in [0, 0.1) is 6.92 Å². The van der Waals surface area contributed by atoms with Crippen molar-refractivity contribution in [3.8, 4) is 0 Å². The Bertz CT molecular complexity index is 1150. The second kappa shape index (κ2) is 8.91. The predicted molar refractivity (Wildman–Crippen MR) is 125 cm³/mol. The summed E-state index contributed by atoms with van der Waals surface area (Å²) in [4.78, 5) is 28.2.